The zero-order chi connectivity index (χ0) is 18.1. The molecule has 8 nitrogen and oxygen atoms in total. The molecular weight excluding hydrogens is 334 g/mol. The fraction of sp³-hybridized carbons (Fsp3) is 0.556. The monoisotopic (exact) mass is 357 g/mol. The molecule has 0 unspecified atom stereocenters. The lowest BCUT2D eigenvalue weighted by molar-refractivity contribution is 0.0681. The van der Waals surface area contributed by atoms with E-state index in [0.29, 0.717) is 24.8 Å². The molecule has 3 heterocycles. The molecule has 0 atom stereocenters. The van der Waals surface area contributed by atoms with E-state index in [1.54, 1.807) is 10.9 Å². The van der Waals surface area contributed by atoms with Crippen LogP contribution >= 0.6 is 0 Å². The Morgan fingerprint density at radius 2 is 1.73 bits per heavy atom. The number of hydrogen-bond acceptors (Lipinski definition) is 4. The molecule has 26 heavy (non-hydrogen) atoms. The molecule has 1 aliphatic carbocycles. The number of carboxylic acid groups (broad SMARTS) is 1. The highest BCUT2D eigenvalue weighted by Crippen LogP contribution is 2.29. The van der Waals surface area contributed by atoms with Gasteiger partial charge in [0, 0.05) is 25.5 Å². The maximum Gasteiger partial charge on any atom is 0.338 e. The lowest BCUT2D eigenvalue weighted by Gasteiger charge is -2.31. The number of amides is 1. The Labute approximate surface area is 151 Å². The molecule has 1 saturated heterocycles. The minimum absolute atomic E-state index is 0.0214. The van der Waals surface area contributed by atoms with Gasteiger partial charge in [-0.05, 0) is 31.7 Å². The van der Waals surface area contributed by atoms with Crippen LogP contribution in [-0.4, -0.2) is 54.5 Å². The SMILES string of the molecule is O=C(O)c1cnn(C2CCN(C(=O)c3ccn(C4CCCC4)n3)CC2)c1. The van der Waals surface area contributed by atoms with E-state index in [-0.39, 0.29) is 17.5 Å². The maximum absolute atomic E-state index is 12.7. The van der Waals surface area contributed by atoms with Gasteiger partial charge < -0.3 is 10.0 Å². The minimum atomic E-state index is -0.971. The van der Waals surface area contributed by atoms with Crippen molar-refractivity contribution >= 4 is 11.9 Å². The predicted molar refractivity (Wildman–Crippen MR) is 93.1 cm³/mol. The van der Waals surface area contributed by atoms with Crippen LogP contribution in [0.3, 0.4) is 0 Å². The summed E-state index contributed by atoms with van der Waals surface area (Å²) in [6, 6.07) is 2.38. The van der Waals surface area contributed by atoms with Crippen molar-refractivity contribution in [2.24, 2.45) is 0 Å². The molecule has 1 saturated carbocycles. The molecule has 0 aromatic carbocycles. The van der Waals surface area contributed by atoms with E-state index in [9.17, 15) is 9.59 Å². The fourth-order valence-electron chi connectivity index (χ4n) is 3.97. The second kappa shape index (κ2) is 6.93. The molecule has 4 rings (SSSR count). The molecule has 1 amide bonds. The highest BCUT2D eigenvalue weighted by atomic mass is 16.4. The molecule has 2 aromatic rings. The Morgan fingerprint density at radius 1 is 1.04 bits per heavy atom. The fourth-order valence-corrected chi connectivity index (χ4v) is 3.97. The molecule has 2 aliphatic rings. The van der Waals surface area contributed by atoms with E-state index in [0.717, 1.165) is 25.7 Å². The summed E-state index contributed by atoms with van der Waals surface area (Å²) in [5, 5.41) is 17.7. The highest BCUT2D eigenvalue weighted by molar-refractivity contribution is 5.92. The van der Waals surface area contributed by atoms with Crippen molar-refractivity contribution in [2.75, 3.05) is 13.1 Å². The van der Waals surface area contributed by atoms with E-state index >= 15 is 0 Å². The Morgan fingerprint density at radius 3 is 2.38 bits per heavy atom. The predicted octanol–water partition coefficient (Wildman–Crippen LogP) is 2.37. The van der Waals surface area contributed by atoms with Crippen LogP contribution in [0.2, 0.25) is 0 Å². The molecule has 1 aliphatic heterocycles. The van der Waals surface area contributed by atoms with E-state index in [1.165, 1.54) is 19.0 Å². The van der Waals surface area contributed by atoms with Crippen molar-refractivity contribution in [3.63, 3.8) is 0 Å². The molecule has 0 bridgehead atoms. The Bertz CT molecular complexity index is 797. The minimum Gasteiger partial charge on any atom is -0.478 e. The van der Waals surface area contributed by atoms with Crippen molar-refractivity contribution in [3.05, 3.63) is 35.9 Å². The number of rotatable bonds is 4. The number of nitrogens with zero attached hydrogens (tertiary/aromatic N) is 5. The van der Waals surface area contributed by atoms with E-state index < -0.39 is 5.97 Å². The molecule has 2 aromatic heterocycles. The zero-order valence-electron chi connectivity index (χ0n) is 14.6. The van der Waals surface area contributed by atoms with Crippen molar-refractivity contribution in [1.29, 1.82) is 0 Å². The molecule has 0 radical (unpaired) electrons. The third kappa shape index (κ3) is 3.23. The van der Waals surface area contributed by atoms with Crippen molar-refractivity contribution in [2.45, 2.75) is 50.6 Å². The van der Waals surface area contributed by atoms with Crippen LogP contribution in [0, 0.1) is 0 Å². The molecule has 138 valence electrons. The first kappa shape index (κ1) is 16.8. The summed E-state index contributed by atoms with van der Waals surface area (Å²) in [5.74, 6) is -0.992. The summed E-state index contributed by atoms with van der Waals surface area (Å²) in [6.07, 6.45) is 11.1. The van der Waals surface area contributed by atoms with Crippen LogP contribution in [0.1, 0.15) is 71.5 Å². The van der Waals surface area contributed by atoms with Gasteiger partial charge in [-0.2, -0.15) is 10.2 Å². The van der Waals surface area contributed by atoms with E-state index in [1.807, 2.05) is 21.8 Å². The number of aromatic carboxylic acids is 1. The van der Waals surface area contributed by atoms with Crippen LogP contribution < -0.4 is 0 Å². The van der Waals surface area contributed by atoms with Crippen molar-refractivity contribution < 1.29 is 14.7 Å². The van der Waals surface area contributed by atoms with E-state index in [4.69, 9.17) is 5.11 Å². The number of aromatic nitrogens is 4. The first-order chi connectivity index (χ1) is 12.6. The molecular formula is C18H23N5O3. The number of carbonyl (C=O) groups is 2. The zero-order valence-corrected chi connectivity index (χ0v) is 14.6. The summed E-state index contributed by atoms with van der Waals surface area (Å²) in [4.78, 5) is 25.5. The molecule has 1 N–H and O–H groups in total. The number of carboxylic acids is 1. The summed E-state index contributed by atoms with van der Waals surface area (Å²) in [7, 11) is 0. The molecule has 0 spiro atoms. The normalized spacial score (nSPS) is 19.2. The van der Waals surface area contributed by atoms with Crippen LogP contribution in [0.25, 0.3) is 0 Å². The third-order valence-electron chi connectivity index (χ3n) is 5.50. The Hall–Kier alpha value is -2.64. The summed E-state index contributed by atoms with van der Waals surface area (Å²) < 4.78 is 3.66. The van der Waals surface area contributed by atoms with Gasteiger partial charge in [0.05, 0.1) is 23.8 Å². The van der Waals surface area contributed by atoms with Gasteiger partial charge in [0.2, 0.25) is 0 Å². The smallest absolute Gasteiger partial charge is 0.338 e. The summed E-state index contributed by atoms with van der Waals surface area (Å²) >= 11 is 0. The van der Waals surface area contributed by atoms with Gasteiger partial charge in [-0.15, -0.1) is 0 Å². The average Bonchev–Trinajstić information content (AvgIpc) is 3.42. The number of likely N-dealkylation sites (tertiary alicyclic amines) is 1. The molecule has 2 fully saturated rings. The van der Waals surface area contributed by atoms with Crippen LogP contribution in [-0.2, 0) is 0 Å². The van der Waals surface area contributed by atoms with Crippen LogP contribution in [0.15, 0.2) is 24.7 Å². The number of hydrogen-bond donors (Lipinski definition) is 1. The summed E-state index contributed by atoms with van der Waals surface area (Å²) in [5.41, 5.74) is 0.712. The average molecular weight is 357 g/mol. The van der Waals surface area contributed by atoms with Gasteiger partial charge in [-0.25, -0.2) is 4.79 Å². The second-order valence-corrected chi connectivity index (χ2v) is 7.16. The van der Waals surface area contributed by atoms with Gasteiger partial charge in [0.15, 0.2) is 0 Å². The first-order valence-electron chi connectivity index (χ1n) is 9.23. The molecule has 8 heteroatoms. The van der Waals surface area contributed by atoms with E-state index in [2.05, 4.69) is 10.2 Å². The number of piperidine rings is 1. The van der Waals surface area contributed by atoms with Gasteiger partial charge in [0.25, 0.3) is 5.91 Å². The van der Waals surface area contributed by atoms with Gasteiger partial charge in [-0.3, -0.25) is 14.2 Å². The van der Waals surface area contributed by atoms with Crippen molar-refractivity contribution in [3.8, 4) is 0 Å². The van der Waals surface area contributed by atoms with Gasteiger partial charge >= 0.3 is 5.97 Å². The standard InChI is InChI=1S/C18H23N5O3/c24-17(16-7-10-22(20-16)14-3-1-2-4-14)21-8-5-15(6-9-21)23-12-13(11-19-23)18(25)26/h7,10-12,14-15H,1-6,8-9H2,(H,25,26). The Kier molecular flexibility index (Phi) is 4.48. The van der Waals surface area contributed by atoms with Gasteiger partial charge in [0.1, 0.15) is 5.69 Å². The van der Waals surface area contributed by atoms with Gasteiger partial charge in [-0.1, -0.05) is 12.8 Å². The maximum atomic E-state index is 12.7. The highest BCUT2D eigenvalue weighted by Gasteiger charge is 2.27. The largest absolute Gasteiger partial charge is 0.478 e. The first-order valence-corrected chi connectivity index (χ1v) is 9.23. The third-order valence-corrected chi connectivity index (χ3v) is 5.50. The van der Waals surface area contributed by atoms with Crippen molar-refractivity contribution in [1.82, 2.24) is 24.5 Å². The van der Waals surface area contributed by atoms with Crippen LogP contribution in [0.5, 0.6) is 0 Å². The summed E-state index contributed by atoms with van der Waals surface area (Å²) in [6.45, 7) is 1.25. The lowest BCUT2D eigenvalue weighted by Crippen LogP contribution is -2.39. The Balaban J connectivity index is 1.36. The topological polar surface area (TPSA) is 93.3 Å². The van der Waals surface area contributed by atoms with Crippen LogP contribution in [0.4, 0.5) is 0 Å². The lowest BCUT2D eigenvalue weighted by atomic mass is 10.0. The number of carbonyl (C=O) groups excluding carboxylic acids is 1. The second-order valence-electron chi connectivity index (χ2n) is 7.16. The quantitative estimate of drug-likeness (QED) is 0.907.